The number of piperidine rings is 1. The minimum absolute atomic E-state index is 0.0233. The number of carbonyl (C=O) groups excluding carboxylic acids is 1. The highest BCUT2D eigenvalue weighted by Gasteiger charge is 2.26. The molecule has 1 aliphatic heterocycles. The maximum absolute atomic E-state index is 11.9. The van der Waals surface area contributed by atoms with E-state index in [4.69, 9.17) is 16.3 Å². The fourth-order valence-electron chi connectivity index (χ4n) is 2.46. The molecule has 0 unspecified atom stereocenters. The van der Waals surface area contributed by atoms with E-state index < -0.39 is 0 Å². The summed E-state index contributed by atoms with van der Waals surface area (Å²) in [5.41, 5.74) is 1.05. The van der Waals surface area contributed by atoms with Crippen molar-refractivity contribution in [2.24, 2.45) is 5.41 Å². The van der Waals surface area contributed by atoms with Crippen LogP contribution in [0.5, 0.6) is 5.75 Å². The van der Waals surface area contributed by atoms with Gasteiger partial charge in [0.25, 0.3) is 5.91 Å². The van der Waals surface area contributed by atoms with Crippen LogP contribution >= 0.6 is 11.6 Å². The topological polar surface area (TPSA) is 50.4 Å². The number of nitrogens with one attached hydrogen (secondary N) is 2. The molecule has 0 radical (unpaired) electrons. The first kappa shape index (κ1) is 16.1. The average Bonchev–Trinajstić information content (AvgIpc) is 2.47. The van der Waals surface area contributed by atoms with Gasteiger partial charge in [0.2, 0.25) is 0 Å². The molecule has 116 valence electrons. The van der Waals surface area contributed by atoms with Gasteiger partial charge in [-0.1, -0.05) is 24.6 Å². The lowest BCUT2D eigenvalue weighted by Crippen LogP contribution is -2.43. The number of hydrogen-bond acceptors (Lipinski definition) is 3. The zero-order valence-corrected chi connectivity index (χ0v) is 13.4. The second-order valence-electron chi connectivity index (χ2n) is 5.99. The zero-order valence-electron chi connectivity index (χ0n) is 12.7. The van der Waals surface area contributed by atoms with Gasteiger partial charge in [-0.05, 0) is 50.4 Å². The Morgan fingerprint density at radius 1 is 1.43 bits per heavy atom. The molecule has 1 saturated heterocycles. The van der Waals surface area contributed by atoms with Gasteiger partial charge >= 0.3 is 0 Å². The van der Waals surface area contributed by atoms with Crippen molar-refractivity contribution in [2.45, 2.75) is 26.7 Å². The molecule has 4 nitrogen and oxygen atoms in total. The second kappa shape index (κ2) is 7.14. The number of amides is 1. The molecule has 0 spiro atoms. The Bertz CT molecular complexity index is 499. The molecule has 2 N–H and O–H groups in total. The largest absolute Gasteiger partial charge is 0.483 e. The first-order chi connectivity index (χ1) is 10.0. The van der Waals surface area contributed by atoms with Crippen molar-refractivity contribution < 1.29 is 9.53 Å². The van der Waals surface area contributed by atoms with E-state index in [9.17, 15) is 4.79 Å². The Labute approximate surface area is 131 Å². The number of halogens is 1. The van der Waals surface area contributed by atoms with Crippen LogP contribution in [0, 0.1) is 12.3 Å². The Morgan fingerprint density at radius 3 is 2.86 bits per heavy atom. The smallest absolute Gasteiger partial charge is 0.257 e. The van der Waals surface area contributed by atoms with Crippen LogP contribution in [-0.4, -0.2) is 32.1 Å². The zero-order chi connectivity index (χ0) is 15.3. The van der Waals surface area contributed by atoms with Crippen molar-refractivity contribution in [1.29, 1.82) is 0 Å². The summed E-state index contributed by atoms with van der Waals surface area (Å²) in [6.45, 7) is 6.86. The van der Waals surface area contributed by atoms with Crippen LogP contribution in [0.1, 0.15) is 25.3 Å². The molecule has 1 aliphatic rings. The number of benzene rings is 1. The van der Waals surface area contributed by atoms with Crippen LogP contribution in [0.2, 0.25) is 5.02 Å². The van der Waals surface area contributed by atoms with Gasteiger partial charge in [-0.25, -0.2) is 0 Å². The highest BCUT2D eigenvalue weighted by Crippen LogP contribution is 2.27. The molecule has 1 amide bonds. The summed E-state index contributed by atoms with van der Waals surface area (Å²) >= 11 is 6.02. The average molecular weight is 311 g/mol. The van der Waals surface area contributed by atoms with E-state index in [0.717, 1.165) is 31.5 Å². The van der Waals surface area contributed by atoms with E-state index in [1.807, 2.05) is 25.1 Å². The lowest BCUT2D eigenvalue weighted by atomic mass is 9.81. The van der Waals surface area contributed by atoms with E-state index in [-0.39, 0.29) is 17.9 Å². The molecule has 0 atom stereocenters. The molecule has 0 bridgehead atoms. The van der Waals surface area contributed by atoms with Gasteiger partial charge in [-0.3, -0.25) is 4.79 Å². The SMILES string of the molecule is Cc1c(Cl)cccc1OCC(=O)NCC1(C)CCNCC1. The molecule has 0 aromatic heterocycles. The molecule has 5 heteroatoms. The summed E-state index contributed by atoms with van der Waals surface area (Å²) in [6.07, 6.45) is 2.17. The van der Waals surface area contributed by atoms with Crippen LogP contribution in [0.4, 0.5) is 0 Å². The van der Waals surface area contributed by atoms with Gasteiger partial charge in [-0.2, -0.15) is 0 Å². The van der Waals surface area contributed by atoms with E-state index in [1.165, 1.54) is 0 Å². The third-order valence-electron chi connectivity index (χ3n) is 4.10. The van der Waals surface area contributed by atoms with Crippen LogP contribution < -0.4 is 15.4 Å². The third kappa shape index (κ3) is 4.61. The minimum Gasteiger partial charge on any atom is -0.483 e. The van der Waals surface area contributed by atoms with Crippen molar-refractivity contribution >= 4 is 17.5 Å². The Kier molecular flexibility index (Phi) is 5.48. The molecule has 21 heavy (non-hydrogen) atoms. The quantitative estimate of drug-likeness (QED) is 0.878. The normalized spacial score (nSPS) is 17.3. The van der Waals surface area contributed by atoms with E-state index >= 15 is 0 Å². The molecule has 1 heterocycles. The summed E-state index contributed by atoms with van der Waals surface area (Å²) in [5, 5.41) is 6.96. The van der Waals surface area contributed by atoms with Crippen molar-refractivity contribution in [3.8, 4) is 5.75 Å². The van der Waals surface area contributed by atoms with Crippen LogP contribution in [0.3, 0.4) is 0 Å². The molecule has 1 aromatic carbocycles. The number of carbonyl (C=O) groups is 1. The first-order valence-corrected chi connectivity index (χ1v) is 7.73. The molecular formula is C16H23ClN2O2. The second-order valence-corrected chi connectivity index (χ2v) is 6.40. The van der Waals surface area contributed by atoms with Crippen molar-refractivity contribution in [1.82, 2.24) is 10.6 Å². The molecular weight excluding hydrogens is 288 g/mol. The van der Waals surface area contributed by atoms with Crippen LogP contribution in [-0.2, 0) is 4.79 Å². The summed E-state index contributed by atoms with van der Waals surface area (Å²) in [5.74, 6) is 0.569. The summed E-state index contributed by atoms with van der Waals surface area (Å²) in [7, 11) is 0. The number of hydrogen-bond donors (Lipinski definition) is 2. The third-order valence-corrected chi connectivity index (χ3v) is 4.51. The molecule has 0 aliphatic carbocycles. The minimum atomic E-state index is -0.0888. The van der Waals surface area contributed by atoms with Crippen LogP contribution in [0.15, 0.2) is 18.2 Å². The summed E-state index contributed by atoms with van der Waals surface area (Å²) < 4.78 is 5.54. The molecule has 0 saturated carbocycles. The highest BCUT2D eigenvalue weighted by atomic mass is 35.5. The molecule has 1 fully saturated rings. The Balaban J connectivity index is 1.78. The van der Waals surface area contributed by atoms with Gasteiger partial charge in [0, 0.05) is 17.1 Å². The van der Waals surface area contributed by atoms with Gasteiger partial charge in [0.15, 0.2) is 6.61 Å². The van der Waals surface area contributed by atoms with E-state index in [0.29, 0.717) is 17.3 Å². The lowest BCUT2D eigenvalue weighted by molar-refractivity contribution is -0.123. The Hall–Kier alpha value is -1.26. The summed E-state index contributed by atoms with van der Waals surface area (Å²) in [6, 6.07) is 5.45. The van der Waals surface area contributed by atoms with Crippen LogP contribution in [0.25, 0.3) is 0 Å². The number of ether oxygens (including phenoxy) is 1. The van der Waals surface area contributed by atoms with Crippen molar-refractivity contribution in [3.05, 3.63) is 28.8 Å². The van der Waals surface area contributed by atoms with Gasteiger partial charge in [-0.15, -0.1) is 0 Å². The van der Waals surface area contributed by atoms with Crippen molar-refractivity contribution in [2.75, 3.05) is 26.2 Å². The van der Waals surface area contributed by atoms with E-state index in [1.54, 1.807) is 0 Å². The standard InChI is InChI=1S/C16H23ClN2O2/c1-12-13(17)4-3-5-14(12)21-10-15(20)19-11-16(2)6-8-18-9-7-16/h3-5,18H,6-11H2,1-2H3,(H,19,20). The number of rotatable bonds is 5. The molecule has 1 aromatic rings. The maximum atomic E-state index is 11.9. The monoisotopic (exact) mass is 310 g/mol. The first-order valence-electron chi connectivity index (χ1n) is 7.35. The van der Waals surface area contributed by atoms with Gasteiger partial charge in [0.1, 0.15) is 5.75 Å². The molecule has 2 rings (SSSR count). The fraction of sp³-hybridized carbons (Fsp3) is 0.562. The predicted molar refractivity (Wildman–Crippen MR) is 84.9 cm³/mol. The maximum Gasteiger partial charge on any atom is 0.257 e. The summed E-state index contributed by atoms with van der Waals surface area (Å²) in [4.78, 5) is 11.9. The predicted octanol–water partition coefficient (Wildman–Crippen LogP) is 2.53. The highest BCUT2D eigenvalue weighted by molar-refractivity contribution is 6.31. The van der Waals surface area contributed by atoms with Gasteiger partial charge < -0.3 is 15.4 Å². The Morgan fingerprint density at radius 2 is 2.14 bits per heavy atom. The van der Waals surface area contributed by atoms with Crippen molar-refractivity contribution in [3.63, 3.8) is 0 Å². The lowest BCUT2D eigenvalue weighted by Gasteiger charge is -2.34. The van der Waals surface area contributed by atoms with E-state index in [2.05, 4.69) is 17.6 Å². The fourth-order valence-corrected chi connectivity index (χ4v) is 2.62. The van der Waals surface area contributed by atoms with Gasteiger partial charge in [0.05, 0.1) is 0 Å².